The van der Waals surface area contributed by atoms with Crippen molar-refractivity contribution >= 4 is 16.9 Å². The lowest BCUT2D eigenvalue weighted by Gasteiger charge is -2.22. The molecule has 0 radical (unpaired) electrons. The first-order valence-electron chi connectivity index (χ1n) is 7.03. The Labute approximate surface area is 112 Å². The zero-order valence-corrected chi connectivity index (χ0v) is 11.2. The van der Waals surface area contributed by atoms with Crippen LogP contribution in [0, 0.1) is 6.92 Å². The van der Waals surface area contributed by atoms with Gasteiger partial charge in [0, 0.05) is 10.9 Å². The first kappa shape index (κ1) is 12.3. The summed E-state index contributed by atoms with van der Waals surface area (Å²) in [7, 11) is 0. The molecule has 0 spiro atoms. The van der Waals surface area contributed by atoms with Gasteiger partial charge in [0.1, 0.15) is 5.69 Å². The second kappa shape index (κ2) is 4.72. The second-order valence-electron chi connectivity index (χ2n) is 5.55. The molecule has 1 aromatic heterocycles. The van der Waals surface area contributed by atoms with Crippen LogP contribution in [-0.2, 0) is 0 Å². The second-order valence-corrected chi connectivity index (χ2v) is 5.55. The molecule has 0 atom stereocenters. The fourth-order valence-corrected chi connectivity index (χ4v) is 3.37. The average molecular weight is 257 g/mol. The minimum absolute atomic E-state index is 0.399. The topological polar surface area (TPSA) is 53.1 Å². The molecule has 0 bridgehead atoms. The highest BCUT2D eigenvalue weighted by molar-refractivity contribution is 5.98. The van der Waals surface area contributed by atoms with Gasteiger partial charge < -0.3 is 10.1 Å². The molecule has 1 aromatic carbocycles. The maximum Gasteiger partial charge on any atom is 0.352 e. The predicted molar refractivity (Wildman–Crippen MR) is 75.8 cm³/mol. The monoisotopic (exact) mass is 257 g/mol. The van der Waals surface area contributed by atoms with Crippen molar-refractivity contribution in [3.8, 4) is 0 Å². The molecule has 3 heteroatoms. The van der Waals surface area contributed by atoms with E-state index in [1.54, 1.807) is 0 Å². The third-order valence-corrected chi connectivity index (χ3v) is 4.31. The Bertz CT molecular complexity index is 621. The van der Waals surface area contributed by atoms with Gasteiger partial charge in [-0.1, -0.05) is 37.5 Å². The number of H-pyrrole nitrogens is 1. The fraction of sp³-hybridized carbons (Fsp3) is 0.438. The number of aromatic carboxylic acids is 1. The van der Waals surface area contributed by atoms with E-state index < -0.39 is 5.97 Å². The Morgan fingerprint density at radius 3 is 2.68 bits per heavy atom. The molecule has 0 unspecified atom stereocenters. The van der Waals surface area contributed by atoms with Gasteiger partial charge in [0.25, 0.3) is 0 Å². The molecule has 1 fully saturated rings. The molecule has 1 aliphatic rings. The van der Waals surface area contributed by atoms with E-state index in [-0.39, 0.29) is 0 Å². The van der Waals surface area contributed by atoms with Crippen LogP contribution in [0.5, 0.6) is 0 Å². The van der Waals surface area contributed by atoms with Crippen molar-refractivity contribution in [2.75, 3.05) is 0 Å². The molecule has 2 N–H and O–H groups in total. The molecule has 1 aliphatic carbocycles. The number of hydrogen-bond acceptors (Lipinski definition) is 1. The van der Waals surface area contributed by atoms with Crippen LogP contribution in [0.2, 0.25) is 0 Å². The number of rotatable bonds is 2. The third-order valence-electron chi connectivity index (χ3n) is 4.31. The lowest BCUT2D eigenvalue weighted by Crippen LogP contribution is -2.09. The highest BCUT2D eigenvalue weighted by Crippen LogP contribution is 2.39. The van der Waals surface area contributed by atoms with Gasteiger partial charge in [-0.2, -0.15) is 0 Å². The van der Waals surface area contributed by atoms with Crippen LogP contribution in [0.1, 0.15) is 59.6 Å². The van der Waals surface area contributed by atoms with Crippen LogP contribution in [0.25, 0.3) is 10.9 Å². The van der Waals surface area contributed by atoms with Crippen LogP contribution in [0.3, 0.4) is 0 Å². The quantitative estimate of drug-likeness (QED) is 0.846. The number of carboxylic acids is 1. The highest BCUT2D eigenvalue weighted by Gasteiger charge is 2.25. The number of hydrogen-bond donors (Lipinski definition) is 2. The number of carboxylic acid groups (broad SMARTS) is 1. The smallest absolute Gasteiger partial charge is 0.352 e. The van der Waals surface area contributed by atoms with Gasteiger partial charge in [-0.15, -0.1) is 0 Å². The van der Waals surface area contributed by atoms with Crippen molar-refractivity contribution in [3.63, 3.8) is 0 Å². The third kappa shape index (κ3) is 2.03. The molecule has 100 valence electrons. The summed E-state index contributed by atoms with van der Waals surface area (Å²) in [5.41, 5.74) is 3.53. The van der Waals surface area contributed by atoms with Gasteiger partial charge in [0.2, 0.25) is 0 Å². The van der Waals surface area contributed by atoms with E-state index in [1.165, 1.54) is 19.3 Å². The standard InChI is InChI=1S/C16H19NO2/c1-10-6-5-9-12-13(11-7-3-2-4-8-11)15(16(18)19)17-14(10)12/h5-6,9,11,17H,2-4,7-8H2,1H3,(H,18,19). The Balaban J connectivity index is 2.21. The van der Waals surface area contributed by atoms with Crippen LogP contribution < -0.4 is 0 Å². The van der Waals surface area contributed by atoms with Crippen molar-refractivity contribution in [2.24, 2.45) is 0 Å². The molecule has 19 heavy (non-hydrogen) atoms. The Morgan fingerprint density at radius 2 is 2.00 bits per heavy atom. The highest BCUT2D eigenvalue weighted by atomic mass is 16.4. The van der Waals surface area contributed by atoms with Crippen molar-refractivity contribution in [1.29, 1.82) is 0 Å². The van der Waals surface area contributed by atoms with Crippen molar-refractivity contribution in [3.05, 3.63) is 35.0 Å². The summed E-state index contributed by atoms with van der Waals surface area (Å²) in [6.45, 7) is 2.02. The largest absolute Gasteiger partial charge is 0.477 e. The van der Waals surface area contributed by atoms with Gasteiger partial charge in [-0.25, -0.2) is 4.79 Å². The maximum absolute atomic E-state index is 11.5. The average Bonchev–Trinajstić information content (AvgIpc) is 2.81. The van der Waals surface area contributed by atoms with Gasteiger partial charge >= 0.3 is 5.97 Å². The molecular weight excluding hydrogens is 238 g/mol. The molecule has 3 nitrogen and oxygen atoms in total. The van der Waals surface area contributed by atoms with E-state index in [0.717, 1.165) is 34.9 Å². The van der Waals surface area contributed by atoms with Crippen molar-refractivity contribution in [1.82, 2.24) is 4.98 Å². The first-order chi connectivity index (χ1) is 9.18. The summed E-state index contributed by atoms with van der Waals surface area (Å²) in [5, 5.41) is 10.6. The van der Waals surface area contributed by atoms with Crippen molar-refractivity contribution in [2.45, 2.75) is 44.9 Å². The minimum Gasteiger partial charge on any atom is -0.477 e. The molecule has 0 amide bonds. The molecular formula is C16H19NO2. The van der Waals surface area contributed by atoms with E-state index >= 15 is 0 Å². The summed E-state index contributed by atoms with van der Waals surface area (Å²) in [6, 6.07) is 6.09. The summed E-state index contributed by atoms with van der Waals surface area (Å²) in [5.74, 6) is -0.438. The SMILES string of the molecule is Cc1cccc2c(C3CCCCC3)c(C(=O)O)[nH]c12. The molecule has 1 heterocycles. The van der Waals surface area contributed by atoms with E-state index in [2.05, 4.69) is 11.1 Å². The number of carbonyl (C=O) groups is 1. The molecule has 2 aromatic rings. The minimum atomic E-state index is -0.837. The maximum atomic E-state index is 11.5. The molecule has 1 saturated carbocycles. The number of nitrogens with one attached hydrogen (secondary N) is 1. The Kier molecular flexibility index (Phi) is 3.05. The van der Waals surface area contributed by atoms with Gasteiger partial charge in [0.15, 0.2) is 0 Å². The molecule has 0 saturated heterocycles. The first-order valence-corrected chi connectivity index (χ1v) is 7.03. The van der Waals surface area contributed by atoms with Gasteiger partial charge in [-0.05, 0) is 36.8 Å². The van der Waals surface area contributed by atoms with E-state index in [0.29, 0.717) is 11.6 Å². The number of aromatic nitrogens is 1. The number of benzene rings is 1. The zero-order valence-electron chi connectivity index (χ0n) is 11.2. The lowest BCUT2D eigenvalue weighted by atomic mass is 9.82. The number of aryl methyl sites for hydroxylation is 1. The van der Waals surface area contributed by atoms with Crippen LogP contribution in [0.4, 0.5) is 0 Å². The normalized spacial score (nSPS) is 16.9. The summed E-state index contributed by atoms with van der Waals surface area (Å²) in [6.07, 6.45) is 5.92. The van der Waals surface area contributed by atoms with Gasteiger partial charge in [0.05, 0.1) is 0 Å². The molecule has 3 rings (SSSR count). The lowest BCUT2D eigenvalue weighted by molar-refractivity contribution is 0.0689. The molecule has 0 aliphatic heterocycles. The Morgan fingerprint density at radius 1 is 1.26 bits per heavy atom. The van der Waals surface area contributed by atoms with Crippen molar-refractivity contribution < 1.29 is 9.90 Å². The van der Waals surface area contributed by atoms with Crippen LogP contribution in [0.15, 0.2) is 18.2 Å². The number of fused-ring (bicyclic) bond motifs is 1. The summed E-state index contributed by atoms with van der Waals surface area (Å²) in [4.78, 5) is 14.6. The van der Waals surface area contributed by atoms with Gasteiger partial charge in [-0.3, -0.25) is 0 Å². The van der Waals surface area contributed by atoms with E-state index in [9.17, 15) is 9.90 Å². The summed E-state index contributed by atoms with van der Waals surface area (Å²) < 4.78 is 0. The summed E-state index contributed by atoms with van der Waals surface area (Å²) >= 11 is 0. The van der Waals surface area contributed by atoms with E-state index in [1.807, 2.05) is 19.1 Å². The fourth-order valence-electron chi connectivity index (χ4n) is 3.37. The van der Waals surface area contributed by atoms with Crippen LogP contribution >= 0.6 is 0 Å². The number of aromatic amines is 1. The van der Waals surface area contributed by atoms with E-state index in [4.69, 9.17) is 0 Å². The van der Waals surface area contributed by atoms with Crippen LogP contribution in [-0.4, -0.2) is 16.1 Å². The Hall–Kier alpha value is -1.77. The predicted octanol–water partition coefficient (Wildman–Crippen LogP) is 4.22. The number of para-hydroxylation sites is 1. The zero-order chi connectivity index (χ0) is 13.4.